The first kappa shape index (κ1) is 24.3. The SMILES string of the molecule is COc1cc(OC)cc(C(=O)N2CCN(C(=O)CN3CCc4sccc4[C@H]3c3ccccc3)CC2)c1. The second-order valence-corrected chi connectivity index (χ2v) is 10.1. The van der Waals surface area contributed by atoms with Crippen LogP contribution >= 0.6 is 11.3 Å². The molecule has 0 bridgehead atoms. The van der Waals surface area contributed by atoms with E-state index in [0.29, 0.717) is 49.8 Å². The predicted molar refractivity (Wildman–Crippen MR) is 140 cm³/mol. The van der Waals surface area contributed by atoms with Crippen molar-refractivity contribution in [2.75, 3.05) is 53.5 Å². The molecule has 1 atom stereocenters. The van der Waals surface area contributed by atoms with Crippen LogP contribution in [0.2, 0.25) is 0 Å². The van der Waals surface area contributed by atoms with Gasteiger partial charge in [0.25, 0.3) is 5.91 Å². The van der Waals surface area contributed by atoms with Crippen LogP contribution in [0.25, 0.3) is 0 Å². The lowest BCUT2D eigenvalue weighted by Crippen LogP contribution is -2.53. The standard InChI is InChI=1S/C28H31N3O4S/c1-34-22-16-21(17-23(18-22)35-2)28(33)30-13-11-29(12-14-30)26(32)19-31-10-8-25-24(9-15-36-25)27(31)20-6-4-3-5-7-20/h3-7,9,15-18,27H,8,10-14,19H2,1-2H3/t27-/m1/s1. The van der Waals surface area contributed by atoms with Gasteiger partial charge >= 0.3 is 0 Å². The van der Waals surface area contributed by atoms with Gasteiger partial charge in [0.2, 0.25) is 5.91 Å². The fourth-order valence-electron chi connectivity index (χ4n) is 5.11. The monoisotopic (exact) mass is 505 g/mol. The van der Waals surface area contributed by atoms with Gasteiger partial charge < -0.3 is 19.3 Å². The number of fused-ring (bicyclic) bond motifs is 1. The van der Waals surface area contributed by atoms with Gasteiger partial charge in [-0.05, 0) is 41.1 Å². The summed E-state index contributed by atoms with van der Waals surface area (Å²) in [6.07, 6.45) is 0.968. The van der Waals surface area contributed by atoms with Crippen molar-refractivity contribution in [2.45, 2.75) is 12.5 Å². The molecule has 0 N–H and O–H groups in total. The van der Waals surface area contributed by atoms with Crippen molar-refractivity contribution in [1.29, 1.82) is 0 Å². The molecule has 1 aromatic heterocycles. The Morgan fingerprint density at radius 1 is 0.889 bits per heavy atom. The number of carbonyl (C=O) groups excluding carboxylic acids is 2. The summed E-state index contributed by atoms with van der Waals surface area (Å²) in [5, 5.41) is 2.15. The Bertz CT molecular complexity index is 1200. The number of hydrogen-bond donors (Lipinski definition) is 0. The van der Waals surface area contributed by atoms with Crippen molar-refractivity contribution in [3.05, 3.63) is 81.5 Å². The summed E-state index contributed by atoms with van der Waals surface area (Å²) < 4.78 is 10.6. The summed E-state index contributed by atoms with van der Waals surface area (Å²) in [4.78, 5) is 33.9. The molecular weight excluding hydrogens is 474 g/mol. The Morgan fingerprint density at radius 3 is 2.22 bits per heavy atom. The Balaban J connectivity index is 1.23. The summed E-state index contributed by atoms with van der Waals surface area (Å²) in [6, 6.07) is 17.9. The predicted octanol–water partition coefficient (Wildman–Crippen LogP) is 3.70. The van der Waals surface area contributed by atoms with E-state index in [1.54, 1.807) is 48.7 Å². The molecule has 7 nitrogen and oxygen atoms in total. The van der Waals surface area contributed by atoms with Crippen LogP contribution in [0.1, 0.15) is 32.4 Å². The quantitative estimate of drug-likeness (QED) is 0.511. The number of carbonyl (C=O) groups is 2. The van der Waals surface area contributed by atoms with Crippen molar-refractivity contribution in [1.82, 2.24) is 14.7 Å². The fourth-order valence-corrected chi connectivity index (χ4v) is 6.01. The molecule has 1 saturated heterocycles. The molecule has 8 heteroatoms. The highest BCUT2D eigenvalue weighted by Crippen LogP contribution is 2.37. The van der Waals surface area contributed by atoms with Crippen LogP contribution in [-0.2, 0) is 11.2 Å². The average molecular weight is 506 g/mol. The van der Waals surface area contributed by atoms with Crippen molar-refractivity contribution >= 4 is 23.2 Å². The summed E-state index contributed by atoms with van der Waals surface area (Å²) in [5.74, 6) is 1.19. The molecule has 36 heavy (non-hydrogen) atoms. The lowest BCUT2D eigenvalue weighted by Gasteiger charge is -2.39. The number of amides is 2. The zero-order valence-corrected chi connectivity index (χ0v) is 21.5. The van der Waals surface area contributed by atoms with Gasteiger partial charge in [-0.15, -0.1) is 11.3 Å². The van der Waals surface area contributed by atoms with Gasteiger partial charge in [-0.2, -0.15) is 0 Å². The minimum Gasteiger partial charge on any atom is -0.497 e. The first-order valence-corrected chi connectivity index (χ1v) is 13.1. The first-order chi connectivity index (χ1) is 17.6. The van der Waals surface area contributed by atoms with Gasteiger partial charge in [-0.1, -0.05) is 30.3 Å². The van der Waals surface area contributed by atoms with E-state index in [9.17, 15) is 9.59 Å². The normalized spacial score (nSPS) is 18.0. The molecular formula is C28H31N3O4S. The van der Waals surface area contributed by atoms with Crippen LogP contribution in [0.3, 0.4) is 0 Å². The average Bonchev–Trinajstić information content (AvgIpc) is 3.41. The van der Waals surface area contributed by atoms with E-state index in [1.807, 2.05) is 11.0 Å². The summed E-state index contributed by atoms with van der Waals surface area (Å²) >= 11 is 1.80. The maximum Gasteiger partial charge on any atom is 0.254 e. The smallest absolute Gasteiger partial charge is 0.254 e. The number of rotatable bonds is 6. The molecule has 188 valence electrons. The highest BCUT2D eigenvalue weighted by molar-refractivity contribution is 7.10. The number of benzene rings is 2. The maximum atomic E-state index is 13.4. The number of thiophene rings is 1. The lowest BCUT2D eigenvalue weighted by molar-refractivity contribution is -0.134. The zero-order chi connectivity index (χ0) is 25.1. The van der Waals surface area contributed by atoms with Gasteiger partial charge in [0.15, 0.2) is 0 Å². The second-order valence-electron chi connectivity index (χ2n) is 9.11. The third kappa shape index (κ3) is 4.96. The van der Waals surface area contributed by atoms with Crippen LogP contribution in [0.4, 0.5) is 0 Å². The molecule has 0 saturated carbocycles. The number of methoxy groups -OCH3 is 2. The topological polar surface area (TPSA) is 62.3 Å². The van der Waals surface area contributed by atoms with Crippen LogP contribution in [0.5, 0.6) is 11.5 Å². The van der Waals surface area contributed by atoms with Crippen LogP contribution < -0.4 is 9.47 Å². The second kappa shape index (κ2) is 10.7. The Kier molecular flexibility index (Phi) is 7.25. The van der Waals surface area contributed by atoms with Gasteiger partial charge in [0, 0.05) is 49.2 Å². The van der Waals surface area contributed by atoms with Crippen LogP contribution in [0, 0.1) is 0 Å². The molecule has 3 heterocycles. The number of nitrogens with zero attached hydrogens (tertiary/aromatic N) is 3. The third-order valence-corrected chi connectivity index (χ3v) is 8.03. The van der Waals surface area contributed by atoms with E-state index >= 15 is 0 Å². The van der Waals surface area contributed by atoms with Gasteiger partial charge in [0.1, 0.15) is 11.5 Å². The van der Waals surface area contributed by atoms with Crippen LogP contribution in [0.15, 0.2) is 60.0 Å². The van der Waals surface area contributed by atoms with E-state index in [-0.39, 0.29) is 17.9 Å². The highest BCUT2D eigenvalue weighted by Gasteiger charge is 2.33. The Labute approximate surface area is 215 Å². The summed E-state index contributed by atoms with van der Waals surface area (Å²) in [7, 11) is 3.13. The molecule has 0 aliphatic carbocycles. The summed E-state index contributed by atoms with van der Waals surface area (Å²) in [6.45, 7) is 3.28. The third-order valence-electron chi connectivity index (χ3n) is 7.04. The summed E-state index contributed by atoms with van der Waals surface area (Å²) in [5.41, 5.74) is 3.06. The lowest BCUT2D eigenvalue weighted by atomic mass is 9.93. The first-order valence-electron chi connectivity index (χ1n) is 12.2. The Morgan fingerprint density at radius 2 is 1.56 bits per heavy atom. The van der Waals surface area contributed by atoms with Gasteiger partial charge in [-0.25, -0.2) is 0 Å². The number of ether oxygens (including phenoxy) is 2. The zero-order valence-electron chi connectivity index (χ0n) is 20.7. The van der Waals surface area contributed by atoms with Gasteiger partial charge in [0.05, 0.1) is 26.8 Å². The molecule has 2 aliphatic heterocycles. The highest BCUT2D eigenvalue weighted by atomic mass is 32.1. The largest absolute Gasteiger partial charge is 0.497 e. The maximum absolute atomic E-state index is 13.4. The van der Waals surface area contributed by atoms with Crippen molar-refractivity contribution < 1.29 is 19.1 Å². The Hall–Kier alpha value is -3.36. The van der Waals surface area contributed by atoms with E-state index in [0.717, 1.165) is 13.0 Å². The van der Waals surface area contributed by atoms with Crippen LogP contribution in [-0.4, -0.2) is 80.0 Å². The molecule has 0 spiro atoms. The molecule has 1 fully saturated rings. The van der Waals surface area contributed by atoms with E-state index in [1.165, 1.54) is 16.0 Å². The number of hydrogen-bond acceptors (Lipinski definition) is 6. The minimum absolute atomic E-state index is 0.0792. The minimum atomic E-state index is -0.0792. The molecule has 5 rings (SSSR count). The van der Waals surface area contributed by atoms with Crippen molar-refractivity contribution in [3.8, 4) is 11.5 Å². The fraction of sp³-hybridized carbons (Fsp3) is 0.357. The molecule has 3 aromatic rings. The van der Waals surface area contributed by atoms with E-state index in [2.05, 4.69) is 40.6 Å². The molecule has 2 amide bonds. The molecule has 0 radical (unpaired) electrons. The van der Waals surface area contributed by atoms with E-state index in [4.69, 9.17) is 9.47 Å². The van der Waals surface area contributed by atoms with Crippen molar-refractivity contribution in [3.63, 3.8) is 0 Å². The molecule has 2 aromatic carbocycles. The molecule has 2 aliphatic rings. The van der Waals surface area contributed by atoms with E-state index < -0.39 is 0 Å². The van der Waals surface area contributed by atoms with Crippen molar-refractivity contribution in [2.24, 2.45) is 0 Å². The number of piperazine rings is 1. The molecule has 0 unspecified atom stereocenters. The van der Waals surface area contributed by atoms with Gasteiger partial charge in [-0.3, -0.25) is 14.5 Å².